The Bertz CT molecular complexity index is 842. The van der Waals surface area contributed by atoms with Crippen LogP contribution in [-0.2, 0) is 6.42 Å². The van der Waals surface area contributed by atoms with E-state index >= 15 is 0 Å². The molecule has 2 aromatic carbocycles. The molecule has 0 aliphatic rings. The standard InChI is InChI=1S/C22H22ClNO2S/c1-3-15-26-20-12-10-17(16-21(20)25-2)11-13-22(27)24-14-6-8-18-7-4-5-9-19(18)23/h1,4-10,12,16H,11,13-15H2,2H3,(H,24,27). The number of nitrogens with one attached hydrogen (secondary N) is 1. The summed E-state index contributed by atoms with van der Waals surface area (Å²) in [6.07, 6.45) is 10.8. The molecule has 0 heterocycles. The highest BCUT2D eigenvalue weighted by atomic mass is 35.5. The van der Waals surface area contributed by atoms with Crippen LogP contribution in [0.4, 0.5) is 0 Å². The van der Waals surface area contributed by atoms with Gasteiger partial charge >= 0.3 is 0 Å². The van der Waals surface area contributed by atoms with Gasteiger partial charge in [0.2, 0.25) is 0 Å². The summed E-state index contributed by atoms with van der Waals surface area (Å²) in [5, 5.41) is 3.97. The molecule has 3 nitrogen and oxygen atoms in total. The van der Waals surface area contributed by atoms with Crippen LogP contribution in [0.2, 0.25) is 5.02 Å². The topological polar surface area (TPSA) is 30.5 Å². The van der Waals surface area contributed by atoms with Gasteiger partial charge in [-0.3, -0.25) is 0 Å². The first-order chi connectivity index (χ1) is 13.1. The van der Waals surface area contributed by atoms with Gasteiger partial charge in [-0.2, -0.15) is 0 Å². The molecule has 0 atom stereocenters. The van der Waals surface area contributed by atoms with Crippen LogP contribution in [0, 0.1) is 12.3 Å². The summed E-state index contributed by atoms with van der Waals surface area (Å²) >= 11 is 11.5. The second-order valence-electron chi connectivity index (χ2n) is 5.71. The van der Waals surface area contributed by atoms with Crippen molar-refractivity contribution in [3.63, 3.8) is 0 Å². The lowest BCUT2D eigenvalue weighted by atomic mass is 10.1. The van der Waals surface area contributed by atoms with Gasteiger partial charge in [0.05, 0.1) is 12.1 Å². The number of ether oxygens (including phenoxy) is 2. The fourth-order valence-electron chi connectivity index (χ4n) is 2.42. The minimum absolute atomic E-state index is 0.214. The van der Waals surface area contributed by atoms with E-state index in [9.17, 15) is 0 Å². The lowest BCUT2D eigenvalue weighted by Gasteiger charge is -2.11. The molecule has 0 aromatic heterocycles. The van der Waals surface area contributed by atoms with Gasteiger partial charge in [-0.1, -0.05) is 66.2 Å². The highest BCUT2D eigenvalue weighted by molar-refractivity contribution is 7.80. The molecule has 2 rings (SSSR count). The molecule has 0 aliphatic carbocycles. The normalized spacial score (nSPS) is 10.4. The molecule has 0 fully saturated rings. The van der Waals surface area contributed by atoms with E-state index in [0.29, 0.717) is 18.0 Å². The van der Waals surface area contributed by atoms with E-state index in [1.807, 2.05) is 54.6 Å². The molecule has 0 saturated carbocycles. The molecule has 0 radical (unpaired) electrons. The third kappa shape index (κ3) is 6.97. The first-order valence-corrected chi connectivity index (χ1v) is 9.33. The third-order valence-corrected chi connectivity index (χ3v) is 4.49. The van der Waals surface area contributed by atoms with E-state index in [-0.39, 0.29) is 6.61 Å². The molecule has 2 aromatic rings. The number of aryl methyl sites for hydroxylation is 1. The summed E-state index contributed by atoms with van der Waals surface area (Å²) < 4.78 is 10.8. The van der Waals surface area contributed by atoms with E-state index in [4.69, 9.17) is 39.7 Å². The summed E-state index contributed by atoms with van der Waals surface area (Å²) in [5.74, 6) is 3.76. The Morgan fingerprint density at radius 3 is 2.81 bits per heavy atom. The van der Waals surface area contributed by atoms with Crippen molar-refractivity contribution in [1.82, 2.24) is 5.32 Å². The fourth-order valence-corrected chi connectivity index (χ4v) is 2.81. The van der Waals surface area contributed by atoms with Crippen LogP contribution in [0.5, 0.6) is 11.5 Å². The number of hydrogen-bond acceptors (Lipinski definition) is 3. The minimum Gasteiger partial charge on any atom is -0.493 e. The van der Waals surface area contributed by atoms with Gasteiger partial charge < -0.3 is 14.8 Å². The minimum atomic E-state index is 0.214. The Hall–Kier alpha value is -2.48. The number of rotatable bonds is 9. The maximum absolute atomic E-state index is 6.12. The van der Waals surface area contributed by atoms with Gasteiger partial charge in [0.15, 0.2) is 11.5 Å². The molecule has 140 valence electrons. The zero-order valence-electron chi connectivity index (χ0n) is 15.2. The largest absolute Gasteiger partial charge is 0.493 e. The average molecular weight is 400 g/mol. The average Bonchev–Trinajstić information content (AvgIpc) is 2.69. The van der Waals surface area contributed by atoms with E-state index < -0.39 is 0 Å². The first-order valence-electron chi connectivity index (χ1n) is 8.55. The summed E-state index contributed by atoms with van der Waals surface area (Å²) in [4.78, 5) is 0.811. The van der Waals surface area contributed by atoms with Gasteiger partial charge in [0.25, 0.3) is 0 Å². The SMILES string of the molecule is C#CCOc1ccc(CCC(=S)NCC=Cc2ccccc2Cl)cc1OC. The maximum Gasteiger partial charge on any atom is 0.162 e. The number of methoxy groups -OCH3 is 1. The van der Waals surface area contributed by atoms with Gasteiger partial charge in [0, 0.05) is 18.0 Å². The molecule has 27 heavy (non-hydrogen) atoms. The smallest absolute Gasteiger partial charge is 0.162 e. The van der Waals surface area contributed by atoms with E-state index in [1.54, 1.807) is 7.11 Å². The predicted octanol–water partition coefficient (Wildman–Crippen LogP) is 4.92. The molecular weight excluding hydrogens is 378 g/mol. The van der Waals surface area contributed by atoms with Gasteiger partial charge in [-0.25, -0.2) is 0 Å². The van der Waals surface area contributed by atoms with Crippen molar-refractivity contribution in [2.24, 2.45) is 0 Å². The Morgan fingerprint density at radius 1 is 1.26 bits per heavy atom. The van der Waals surface area contributed by atoms with Crippen molar-refractivity contribution in [2.45, 2.75) is 12.8 Å². The van der Waals surface area contributed by atoms with Crippen LogP contribution >= 0.6 is 23.8 Å². The van der Waals surface area contributed by atoms with Crippen LogP contribution in [0.15, 0.2) is 48.5 Å². The molecule has 0 aliphatic heterocycles. The lowest BCUT2D eigenvalue weighted by molar-refractivity contribution is 0.330. The van der Waals surface area contributed by atoms with Gasteiger partial charge in [-0.15, -0.1) is 6.42 Å². The number of thiocarbonyl (C=S) groups is 1. The zero-order chi connectivity index (χ0) is 19.5. The number of hydrogen-bond donors (Lipinski definition) is 1. The molecule has 0 bridgehead atoms. The summed E-state index contributed by atoms with van der Waals surface area (Å²) in [6.45, 7) is 0.873. The molecule has 0 spiro atoms. The number of benzene rings is 2. The first kappa shape index (κ1) is 20.8. The van der Waals surface area contributed by atoms with Crippen LogP contribution in [0.1, 0.15) is 17.5 Å². The molecule has 5 heteroatoms. The van der Waals surface area contributed by atoms with Crippen LogP contribution in [-0.4, -0.2) is 25.2 Å². The second-order valence-corrected chi connectivity index (χ2v) is 6.61. The molecule has 0 saturated heterocycles. The maximum atomic E-state index is 6.12. The third-order valence-electron chi connectivity index (χ3n) is 3.80. The van der Waals surface area contributed by atoms with Crippen molar-refractivity contribution in [3.05, 3.63) is 64.7 Å². The van der Waals surface area contributed by atoms with E-state index in [1.165, 1.54) is 0 Å². The van der Waals surface area contributed by atoms with Crippen molar-refractivity contribution in [3.8, 4) is 23.8 Å². The summed E-state index contributed by atoms with van der Waals surface area (Å²) in [5.41, 5.74) is 2.11. The highest BCUT2D eigenvalue weighted by Gasteiger charge is 2.06. The quantitative estimate of drug-likeness (QED) is 0.478. The number of terminal acetylenes is 1. The fraction of sp³-hybridized carbons (Fsp3) is 0.227. The van der Waals surface area contributed by atoms with Crippen LogP contribution < -0.4 is 14.8 Å². The number of halogens is 1. The van der Waals surface area contributed by atoms with Crippen molar-refractivity contribution in [2.75, 3.05) is 20.3 Å². The Morgan fingerprint density at radius 2 is 2.07 bits per heavy atom. The molecule has 0 amide bonds. The van der Waals surface area contributed by atoms with Crippen molar-refractivity contribution in [1.29, 1.82) is 0 Å². The van der Waals surface area contributed by atoms with Crippen molar-refractivity contribution < 1.29 is 9.47 Å². The summed E-state index contributed by atoms with van der Waals surface area (Å²) in [7, 11) is 1.61. The van der Waals surface area contributed by atoms with Gasteiger partial charge in [-0.05, 0) is 35.7 Å². The van der Waals surface area contributed by atoms with E-state index in [0.717, 1.165) is 34.0 Å². The van der Waals surface area contributed by atoms with E-state index in [2.05, 4.69) is 11.2 Å². The Labute approximate surface area is 171 Å². The Balaban J connectivity index is 1.80. The Kier molecular flexibility index (Phi) is 8.70. The monoisotopic (exact) mass is 399 g/mol. The second kappa shape index (κ2) is 11.3. The molecular formula is C22H22ClNO2S. The molecule has 1 N–H and O–H groups in total. The van der Waals surface area contributed by atoms with Crippen molar-refractivity contribution >= 4 is 34.9 Å². The van der Waals surface area contributed by atoms with Crippen LogP contribution in [0.25, 0.3) is 6.08 Å². The highest BCUT2D eigenvalue weighted by Crippen LogP contribution is 2.28. The zero-order valence-corrected chi connectivity index (χ0v) is 16.8. The van der Waals surface area contributed by atoms with Crippen LogP contribution in [0.3, 0.4) is 0 Å². The summed E-state index contributed by atoms with van der Waals surface area (Å²) in [6, 6.07) is 13.5. The van der Waals surface area contributed by atoms with Gasteiger partial charge in [0.1, 0.15) is 6.61 Å². The lowest BCUT2D eigenvalue weighted by Crippen LogP contribution is -2.21. The molecule has 0 unspecified atom stereocenters. The predicted molar refractivity (Wildman–Crippen MR) is 117 cm³/mol.